The van der Waals surface area contributed by atoms with Gasteiger partial charge in [-0.3, -0.25) is 0 Å². The van der Waals surface area contributed by atoms with Gasteiger partial charge in [-0.25, -0.2) is 0 Å². The number of hydrogen-bond acceptors (Lipinski definition) is 2. The molecule has 0 fully saturated rings. The molecule has 0 aromatic carbocycles. The van der Waals surface area contributed by atoms with Crippen LogP contribution in [0.25, 0.3) is 0 Å². The SMILES string of the molecule is C=C/C(NC)=C(\C=C)NCC. The van der Waals surface area contributed by atoms with E-state index in [1.165, 1.54) is 0 Å². The Kier molecular flexibility index (Phi) is 4.99. The van der Waals surface area contributed by atoms with Crippen LogP contribution < -0.4 is 10.6 Å². The summed E-state index contributed by atoms with van der Waals surface area (Å²) in [7, 11) is 1.86. The number of likely N-dealkylation sites (N-methyl/N-ethyl adjacent to an activating group) is 2. The number of allylic oxidation sites excluding steroid dienone is 2. The van der Waals surface area contributed by atoms with Gasteiger partial charge in [0.1, 0.15) is 0 Å². The molecule has 0 rings (SSSR count). The van der Waals surface area contributed by atoms with Crippen molar-refractivity contribution in [3.05, 3.63) is 36.7 Å². The summed E-state index contributed by atoms with van der Waals surface area (Å²) >= 11 is 0. The van der Waals surface area contributed by atoms with E-state index in [4.69, 9.17) is 0 Å². The lowest BCUT2D eigenvalue weighted by molar-refractivity contribution is 0.845. The highest BCUT2D eigenvalue weighted by molar-refractivity contribution is 5.28. The maximum Gasteiger partial charge on any atom is 0.0569 e. The van der Waals surface area contributed by atoms with E-state index in [0.717, 1.165) is 17.9 Å². The summed E-state index contributed by atoms with van der Waals surface area (Å²) in [6.07, 6.45) is 3.54. The quantitative estimate of drug-likeness (QED) is 0.582. The molecule has 2 N–H and O–H groups in total. The van der Waals surface area contributed by atoms with Gasteiger partial charge in [-0.2, -0.15) is 0 Å². The first-order valence-electron chi connectivity index (χ1n) is 3.70. The Bertz CT molecular complexity index is 168. The van der Waals surface area contributed by atoms with Crippen LogP contribution in [0.15, 0.2) is 36.7 Å². The minimum Gasteiger partial charge on any atom is -0.386 e. The van der Waals surface area contributed by atoms with Gasteiger partial charge >= 0.3 is 0 Å². The standard InChI is InChI=1S/C9H16N2/c1-5-8(10-4)9(6-2)11-7-3/h5-6,10-11H,1-2,7H2,3-4H3/b9-8-. The van der Waals surface area contributed by atoms with E-state index in [0.29, 0.717) is 0 Å². The number of nitrogens with one attached hydrogen (secondary N) is 2. The van der Waals surface area contributed by atoms with Crippen molar-refractivity contribution >= 4 is 0 Å². The molecule has 62 valence electrons. The Hall–Kier alpha value is -1.18. The molecule has 2 nitrogen and oxygen atoms in total. The average molecular weight is 152 g/mol. The van der Waals surface area contributed by atoms with Crippen LogP contribution in [0.5, 0.6) is 0 Å². The van der Waals surface area contributed by atoms with Crippen LogP contribution >= 0.6 is 0 Å². The van der Waals surface area contributed by atoms with E-state index < -0.39 is 0 Å². The molecule has 2 heteroatoms. The molecule has 0 saturated carbocycles. The molecule has 0 unspecified atom stereocenters. The number of rotatable bonds is 5. The molecule has 0 aliphatic heterocycles. The molecule has 0 atom stereocenters. The van der Waals surface area contributed by atoms with E-state index in [9.17, 15) is 0 Å². The predicted molar refractivity (Wildman–Crippen MR) is 50.2 cm³/mol. The average Bonchev–Trinajstić information content (AvgIpc) is 2.05. The van der Waals surface area contributed by atoms with Crippen molar-refractivity contribution < 1.29 is 0 Å². The zero-order valence-electron chi connectivity index (χ0n) is 7.28. The maximum atomic E-state index is 3.69. The van der Waals surface area contributed by atoms with Crippen LogP contribution in [0.1, 0.15) is 6.92 Å². The summed E-state index contributed by atoms with van der Waals surface area (Å²) in [5.74, 6) is 0. The predicted octanol–water partition coefficient (Wildman–Crippen LogP) is 1.40. The highest BCUT2D eigenvalue weighted by Crippen LogP contribution is 1.98. The summed E-state index contributed by atoms with van der Waals surface area (Å²) in [5, 5.41) is 6.18. The second-order valence-electron chi connectivity index (χ2n) is 2.02. The van der Waals surface area contributed by atoms with Crippen molar-refractivity contribution in [2.45, 2.75) is 6.92 Å². The minimum absolute atomic E-state index is 0.889. The summed E-state index contributed by atoms with van der Waals surface area (Å²) < 4.78 is 0. The lowest BCUT2D eigenvalue weighted by Crippen LogP contribution is -2.17. The van der Waals surface area contributed by atoms with Gasteiger partial charge in [-0.05, 0) is 19.1 Å². The summed E-state index contributed by atoms with van der Waals surface area (Å²) in [6, 6.07) is 0. The normalized spacial score (nSPS) is 11.5. The van der Waals surface area contributed by atoms with Crippen molar-refractivity contribution in [2.75, 3.05) is 13.6 Å². The van der Waals surface area contributed by atoms with Gasteiger partial charge in [-0.15, -0.1) is 0 Å². The second-order valence-corrected chi connectivity index (χ2v) is 2.02. The van der Waals surface area contributed by atoms with E-state index in [1.807, 2.05) is 14.0 Å². The zero-order valence-corrected chi connectivity index (χ0v) is 7.28. The van der Waals surface area contributed by atoms with Gasteiger partial charge in [-0.1, -0.05) is 13.2 Å². The van der Waals surface area contributed by atoms with Crippen LogP contribution in [0.3, 0.4) is 0 Å². The molecule has 11 heavy (non-hydrogen) atoms. The van der Waals surface area contributed by atoms with Crippen molar-refractivity contribution in [2.24, 2.45) is 0 Å². The topological polar surface area (TPSA) is 24.1 Å². The van der Waals surface area contributed by atoms with Crippen molar-refractivity contribution in [1.29, 1.82) is 0 Å². The molecule has 0 amide bonds. The summed E-state index contributed by atoms with van der Waals surface area (Å²) in [6.45, 7) is 10.3. The van der Waals surface area contributed by atoms with E-state index >= 15 is 0 Å². The van der Waals surface area contributed by atoms with Crippen molar-refractivity contribution in [1.82, 2.24) is 10.6 Å². The van der Waals surface area contributed by atoms with Crippen molar-refractivity contribution in [3.63, 3.8) is 0 Å². The molecule has 0 aliphatic carbocycles. The largest absolute Gasteiger partial charge is 0.386 e. The van der Waals surface area contributed by atoms with Crippen LogP contribution in [-0.2, 0) is 0 Å². The Labute approximate surface area is 68.7 Å². The first-order valence-corrected chi connectivity index (χ1v) is 3.70. The van der Waals surface area contributed by atoms with E-state index in [1.54, 1.807) is 12.2 Å². The summed E-state index contributed by atoms with van der Waals surface area (Å²) in [4.78, 5) is 0. The number of hydrogen-bond donors (Lipinski definition) is 2. The Morgan fingerprint density at radius 2 is 1.82 bits per heavy atom. The summed E-state index contributed by atoms with van der Waals surface area (Å²) in [5.41, 5.74) is 1.96. The highest BCUT2D eigenvalue weighted by atomic mass is 14.9. The Morgan fingerprint density at radius 3 is 2.09 bits per heavy atom. The third-order valence-corrected chi connectivity index (χ3v) is 1.33. The molecule has 0 bridgehead atoms. The molecule has 0 heterocycles. The fourth-order valence-electron chi connectivity index (χ4n) is 0.814. The lowest BCUT2D eigenvalue weighted by Gasteiger charge is -2.08. The van der Waals surface area contributed by atoms with Gasteiger partial charge in [0.2, 0.25) is 0 Å². The molecule has 0 radical (unpaired) electrons. The Balaban J connectivity index is 4.46. The zero-order chi connectivity index (χ0) is 8.69. The Morgan fingerprint density at radius 1 is 1.27 bits per heavy atom. The molecule has 0 aliphatic rings. The van der Waals surface area contributed by atoms with Crippen LogP contribution in [0.2, 0.25) is 0 Å². The fraction of sp³-hybridized carbons (Fsp3) is 0.333. The molecular weight excluding hydrogens is 136 g/mol. The maximum absolute atomic E-state index is 3.69. The first kappa shape index (κ1) is 9.82. The van der Waals surface area contributed by atoms with Gasteiger partial charge in [0.05, 0.1) is 11.4 Å². The van der Waals surface area contributed by atoms with Gasteiger partial charge in [0.15, 0.2) is 0 Å². The van der Waals surface area contributed by atoms with Crippen molar-refractivity contribution in [3.8, 4) is 0 Å². The third kappa shape index (κ3) is 2.94. The van der Waals surface area contributed by atoms with Gasteiger partial charge in [0.25, 0.3) is 0 Å². The lowest BCUT2D eigenvalue weighted by atomic mass is 10.3. The molecule has 0 aromatic rings. The molecule has 0 saturated heterocycles. The van der Waals surface area contributed by atoms with Gasteiger partial charge < -0.3 is 10.6 Å². The smallest absolute Gasteiger partial charge is 0.0569 e. The first-order chi connectivity index (χ1) is 5.29. The minimum atomic E-state index is 0.889. The monoisotopic (exact) mass is 152 g/mol. The molecule has 0 aromatic heterocycles. The van der Waals surface area contributed by atoms with Crippen LogP contribution in [-0.4, -0.2) is 13.6 Å². The van der Waals surface area contributed by atoms with E-state index in [-0.39, 0.29) is 0 Å². The second kappa shape index (κ2) is 5.59. The third-order valence-electron chi connectivity index (χ3n) is 1.33. The van der Waals surface area contributed by atoms with E-state index in [2.05, 4.69) is 23.8 Å². The fourth-order valence-corrected chi connectivity index (χ4v) is 0.814. The van der Waals surface area contributed by atoms with Crippen LogP contribution in [0.4, 0.5) is 0 Å². The van der Waals surface area contributed by atoms with Crippen LogP contribution in [0, 0.1) is 0 Å². The molecule has 0 spiro atoms. The van der Waals surface area contributed by atoms with Gasteiger partial charge in [0, 0.05) is 13.6 Å². The highest BCUT2D eigenvalue weighted by Gasteiger charge is 1.94. The molecular formula is C9H16N2.